The second kappa shape index (κ2) is 5.74. The molecule has 0 spiro atoms. The van der Waals surface area contributed by atoms with Crippen LogP contribution >= 0.6 is 31.9 Å². The van der Waals surface area contributed by atoms with E-state index >= 15 is 0 Å². The molecule has 1 heterocycles. The number of halogens is 2. The predicted octanol–water partition coefficient (Wildman–Crippen LogP) is 0.332. The van der Waals surface area contributed by atoms with Crippen molar-refractivity contribution >= 4 is 43.7 Å². The lowest BCUT2D eigenvalue weighted by molar-refractivity contribution is -0.137. The van der Waals surface area contributed by atoms with Gasteiger partial charge >= 0.3 is 0 Å². The first-order chi connectivity index (χ1) is 7.09. The molecular weight excluding hydrogens is 332 g/mol. The van der Waals surface area contributed by atoms with Gasteiger partial charge in [0, 0.05) is 6.54 Å². The van der Waals surface area contributed by atoms with Crippen molar-refractivity contribution in [2.45, 2.75) is 0 Å². The van der Waals surface area contributed by atoms with Crippen LogP contribution in [0.4, 0.5) is 0 Å². The molecule has 0 atom stereocenters. The lowest BCUT2D eigenvalue weighted by atomic mass is 10.5. The van der Waals surface area contributed by atoms with E-state index in [9.17, 15) is 9.59 Å². The molecule has 1 aliphatic heterocycles. The highest BCUT2D eigenvalue weighted by atomic mass is 79.9. The Balaban J connectivity index is 2.46. The molecule has 0 aromatic heterocycles. The third-order valence-corrected chi connectivity index (χ3v) is 3.78. The number of imide groups is 1. The third kappa shape index (κ3) is 2.87. The van der Waals surface area contributed by atoms with Crippen molar-refractivity contribution < 1.29 is 14.3 Å². The first-order valence-electron chi connectivity index (χ1n) is 4.29. The van der Waals surface area contributed by atoms with Gasteiger partial charge < -0.3 is 10.5 Å². The maximum absolute atomic E-state index is 11.5. The van der Waals surface area contributed by atoms with E-state index in [1.54, 1.807) is 0 Å². The van der Waals surface area contributed by atoms with Crippen LogP contribution in [0.5, 0.6) is 0 Å². The van der Waals surface area contributed by atoms with Crippen molar-refractivity contribution in [2.75, 3.05) is 26.3 Å². The molecule has 84 valence electrons. The Labute approximate surface area is 104 Å². The first kappa shape index (κ1) is 12.8. The van der Waals surface area contributed by atoms with Gasteiger partial charge in [0.25, 0.3) is 11.8 Å². The number of nitrogens with two attached hydrogens (primary N) is 1. The summed E-state index contributed by atoms with van der Waals surface area (Å²) in [5.41, 5.74) is 5.23. The molecule has 2 amide bonds. The molecule has 0 bridgehead atoms. The van der Waals surface area contributed by atoms with Crippen molar-refractivity contribution in [3.8, 4) is 0 Å². The molecule has 1 rings (SSSR count). The summed E-state index contributed by atoms with van der Waals surface area (Å²) in [6.07, 6.45) is 0. The molecular formula is C8H10Br2N2O3. The standard InChI is InChI=1S/C8H10Br2N2O3/c9-5-6(10)8(14)12(7(5)13)2-4-15-3-1-11/h1-4,11H2. The van der Waals surface area contributed by atoms with Crippen molar-refractivity contribution in [3.63, 3.8) is 0 Å². The monoisotopic (exact) mass is 340 g/mol. The molecule has 0 fully saturated rings. The Kier molecular flexibility index (Phi) is 4.91. The highest BCUT2D eigenvalue weighted by molar-refractivity contribution is 9.14. The highest BCUT2D eigenvalue weighted by Crippen LogP contribution is 2.28. The Morgan fingerprint density at radius 3 is 2.13 bits per heavy atom. The van der Waals surface area contributed by atoms with Crippen LogP contribution < -0.4 is 5.73 Å². The maximum Gasteiger partial charge on any atom is 0.269 e. The summed E-state index contributed by atoms with van der Waals surface area (Å²) in [5, 5.41) is 0. The SMILES string of the molecule is NCCOCCN1C(=O)C(Br)=C(Br)C1=O. The smallest absolute Gasteiger partial charge is 0.269 e. The van der Waals surface area contributed by atoms with Gasteiger partial charge in [-0.15, -0.1) is 0 Å². The van der Waals surface area contributed by atoms with Gasteiger partial charge in [0.05, 0.1) is 19.8 Å². The second-order valence-corrected chi connectivity index (χ2v) is 4.38. The Morgan fingerprint density at radius 1 is 1.13 bits per heavy atom. The molecule has 0 aliphatic carbocycles. The van der Waals surface area contributed by atoms with Crippen molar-refractivity contribution in [1.29, 1.82) is 0 Å². The number of hydrogen-bond acceptors (Lipinski definition) is 4. The maximum atomic E-state index is 11.5. The number of amides is 2. The zero-order chi connectivity index (χ0) is 11.4. The third-order valence-electron chi connectivity index (χ3n) is 1.78. The van der Waals surface area contributed by atoms with Crippen molar-refractivity contribution in [2.24, 2.45) is 5.73 Å². The molecule has 7 heteroatoms. The van der Waals surface area contributed by atoms with Crippen molar-refractivity contribution in [3.05, 3.63) is 8.96 Å². The number of rotatable bonds is 5. The van der Waals surface area contributed by atoms with Crippen LogP contribution in [0.2, 0.25) is 0 Å². The van der Waals surface area contributed by atoms with Gasteiger partial charge in [-0.1, -0.05) is 0 Å². The van der Waals surface area contributed by atoms with Crippen molar-refractivity contribution in [1.82, 2.24) is 4.90 Å². The Bertz CT molecular complexity index is 293. The summed E-state index contributed by atoms with van der Waals surface area (Å²) in [6, 6.07) is 0. The number of hydrogen-bond donors (Lipinski definition) is 1. The van der Waals surface area contributed by atoms with Gasteiger partial charge in [-0.2, -0.15) is 0 Å². The summed E-state index contributed by atoms with van der Waals surface area (Å²) < 4.78 is 5.60. The van der Waals surface area contributed by atoms with E-state index in [0.717, 1.165) is 4.90 Å². The zero-order valence-electron chi connectivity index (χ0n) is 7.83. The fourth-order valence-electron chi connectivity index (χ4n) is 1.06. The van der Waals surface area contributed by atoms with E-state index < -0.39 is 0 Å². The van der Waals surface area contributed by atoms with Crippen LogP contribution in [0.1, 0.15) is 0 Å². The summed E-state index contributed by atoms with van der Waals surface area (Å²) in [4.78, 5) is 24.1. The summed E-state index contributed by atoms with van der Waals surface area (Å²) >= 11 is 6.06. The first-order valence-corrected chi connectivity index (χ1v) is 5.87. The van der Waals surface area contributed by atoms with Crippen LogP contribution in [0.3, 0.4) is 0 Å². The summed E-state index contributed by atoms with van der Waals surface area (Å²) in [6.45, 7) is 1.39. The van der Waals surface area contributed by atoms with Gasteiger partial charge in [-0.05, 0) is 31.9 Å². The Morgan fingerprint density at radius 2 is 1.67 bits per heavy atom. The molecule has 0 saturated carbocycles. The summed E-state index contributed by atoms with van der Waals surface area (Å²) in [7, 11) is 0. The van der Waals surface area contributed by atoms with E-state index in [0.29, 0.717) is 19.8 Å². The molecule has 2 N–H and O–H groups in total. The summed E-state index contributed by atoms with van der Waals surface area (Å²) in [5.74, 6) is -0.688. The van der Waals surface area contributed by atoms with E-state index in [1.165, 1.54) is 0 Å². The van der Waals surface area contributed by atoms with Gasteiger partial charge in [-0.25, -0.2) is 0 Å². The molecule has 0 radical (unpaired) electrons. The number of carbonyl (C=O) groups excluding carboxylic acids is 2. The molecule has 15 heavy (non-hydrogen) atoms. The topological polar surface area (TPSA) is 72.6 Å². The molecule has 0 unspecified atom stereocenters. The average Bonchev–Trinajstić information content (AvgIpc) is 2.41. The molecule has 5 nitrogen and oxygen atoms in total. The zero-order valence-corrected chi connectivity index (χ0v) is 11.0. The van der Waals surface area contributed by atoms with Crippen LogP contribution in [0.25, 0.3) is 0 Å². The van der Waals surface area contributed by atoms with Gasteiger partial charge in [0.2, 0.25) is 0 Å². The lowest BCUT2D eigenvalue weighted by Crippen LogP contribution is -2.34. The predicted molar refractivity (Wildman–Crippen MR) is 61.5 cm³/mol. The molecule has 0 aromatic carbocycles. The largest absolute Gasteiger partial charge is 0.378 e. The van der Waals surface area contributed by atoms with E-state index in [-0.39, 0.29) is 27.3 Å². The normalized spacial score (nSPS) is 16.9. The fourth-order valence-corrected chi connectivity index (χ4v) is 1.83. The number of ether oxygens (including phenoxy) is 1. The fraction of sp³-hybridized carbons (Fsp3) is 0.500. The van der Waals surface area contributed by atoms with Crippen LogP contribution in [-0.2, 0) is 14.3 Å². The van der Waals surface area contributed by atoms with E-state index in [4.69, 9.17) is 10.5 Å². The average molecular weight is 342 g/mol. The highest BCUT2D eigenvalue weighted by Gasteiger charge is 2.35. The minimum atomic E-state index is -0.344. The van der Waals surface area contributed by atoms with E-state index in [1.807, 2.05) is 0 Å². The van der Waals surface area contributed by atoms with Crippen LogP contribution in [0.15, 0.2) is 8.96 Å². The number of nitrogens with zero attached hydrogens (tertiary/aromatic N) is 1. The Hall–Kier alpha value is -0.240. The second-order valence-electron chi connectivity index (χ2n) is 2.79. The minimum Gasteiger partial charge on any atom is -0.378 e. The van der Waals surface area contributed by atoms with Gasteiger partial charge in [0.1, 0.15) is 8.96 Å². The quantitative estimate of drug-likeness (QED) is 0.578. The minimum absolute atomic E-state index is 0.238. The molecule has 1 aliphatic rings. The van der Waals surface area contributed by atoms with Crippen LogP contribution in [-0.4, -0.2) is 43.0 Å². The van der Waals surface area contributed by atoms with Gasteiger partial charge in [-0.3, -0.25) is 14.5 Å². The molecule has 0 saturated heterocycles. The lowest BCUT2D eigenvalue weighted by Gasteiger charge is -2.13. The van der Waals surface area contributed by atoms with Crippen LogP contribution in [0, 0.1) is 0 Å². The molecule has 0 aromatic rings. The van der Waals surface area contributed by atoms with E-state index in [2.05, 4.69) is 31.9 Å². The van der Waals surface area contributed by atoms with Gasteiger partial charge in [0.15, 0.2) is 0 Å². The number of carbonyl (C=O) groups is 2.